The van der Waals surface area contributed by atoms with Gasteiger partial charge in [0.25, 0.3) is 0 Å². The lowest BCUT2D eigenvalue weighted by atomic mass is 10.1. The molecule has 0 unspecified atom stereocenters. The molecule has 0 bridgehead atoms. The van der Waals surface area contributed by atoms with Gasteiger partial charge in [-0.15, -0.1) is 0 Å². The number of guanidine groups is 1. The molecule has 8 heteroatoms. The topological polar surface area (TPSA) is 83.8 Å². The molecule has 156 valence electrons. The molecule has 2 heterocycles. The lowest BCUT2D eigenvalue weighted by Crippen LogP contribution is -2.50. The maximum absolute atomic E-state index is 11.8. The number of amides is 1. The van der Waals surface area contributed by atoms with Gasteiger partial charge in [0.1, 0.15) is 0 Å². The van der Waals surface area contributed by atoms with Gasteiger partial charge in [-0.3, -0.25) is 4.99 Å². The van der Waals surface area contributed by atoms with E-state index >= 15 is 0 Å². The fourth-order valence-corrected chi connectivity index (χ4v) is 3.35. The fraction of sp³-hybridized carbons (Fsp3) is 0.476. The zero-order chi connectivity index (χ0) is 20.5. The molecule has 1 saturated heterocycles. The van der Waals surface area contributed by atoms with Gasteiger partial charge in [-0.2, -0.15) is 5.10 Å². The molecular weight excluding hydrogens is 368 g/mol. The highest BCUT2D eigenvalue weighted by Gasteiger charge is 2.23. The number of para-hydroxylation sites is 1. The van der Waals surface area contributed by atoms with Gasteiger partial charge in [0.05, 0.1) is 18.5 Å². The number of likely N-dealkylation sites (tertiary alicyclic amines) is 1. The van der Waals surface area contributed by atoms with Crippen molar-refractivity contribution in [1.29, 1.82) is 0 Å². The van der Waals surface area contributed by atoms with Crippen LogP contribution in [0.25, 0.3) is 5.69 Å². The van der Waals surface area contributed by atoms with Crippen LogP contribution in [-0.4, -0.2) is 66.1 Å². The number of carbonyl (C=O) groups is 1. The van der Waals surface area contributed by atoms with Crippen LogP contribution in [0.4, 0.5) is 4.79 Å². The van der Waals surface area contributed by atoms with Gasteiger partial charge < -0.3 is 20.3 Å². The molecule has 0 radical (unpaired) electrons. The van der Waals surface area contributed by atoms with Crippen LogP contribution in [0.2, 0.25) is 0 Å². The van der Waals surface area contributed by atoms with Crippen LogP contribution in [0.3, 0.4) is 0 Å². The van der Waals surface area contributed by atoms with E-state index in [1.165, 1.54) is 5.56 Å². The summed E-state index contributed by atoms with van der Waals surface area (Å²) in [6.45, 7) is 4.41. The summed E-state index contributed by atoms with van der Waals surface area (Å²) < 4.78 is 6.96. The number of ether oxygens (including phenoxy) is 1. The Balaban J connectivity index is 1.40. The van der Waals surface area contributed by atoms with Crippen molar-refractivity contribution < 1.29 is 9.53 Å². The van der Waals surface area contributed by atoms with Crippen molar-refractivity contribution in [3.8, 4) is 5.69 Å². The highest BCUT2D eigenvalue weighted by atomic mass is 16.6. The number of nitrogens with zero attached hydrogens (tertiary/aromatic N) is 4. The van der Waals surface area contributed by atoms with Crippen molar-refractivity contribution in [3.63, 3.8) is 0 Å². The van der Waals surface area contributed by atoms with Crippen LogP contribution in [0, 0.1) is 0 Å². The Morgan fingerprint density at radius 1 is 1.28 bits per heavy atom. The summed E-state index contributed by atoms with van der Waals surface area (Å²) in [5.74, 6) is 0.787. The number of rotatable bonds is 6. The Morgan fingerprint density at radius 3 is 2.72 bits per heavy atom. The van der Waals surface area contributed by atoms with Crippen molar-refractivity contribution >= 4 is 12.1 Å². The van der Waals surface area contributed by atoms with E-state index in [0.29, 0.717) is 25.7 Å². The minimum Gasteiger partial charge on any atom is -0.450 e. The summed E-state index contributed by atoms with van der Waals surface area (Å²) in [5.41, 5.74) is 2.22. The van der Waals surface area contributed by atoms with Crippen LogP contribution < -0.4 is 10.6 Å². The van der Waals surface area contributed by atoms with E-state index in [1.54, 1.807) is 11.9 Å². The summed E-state index contributed by atoms with van der Waals surface area (Å²) in [6.07, 6.45) is 6.35. The average molecular weight is 399 g/mol. The van der Waals surface area contributed by atoms with Gasteiger partial charge in [-0.05, 0) is 43.9 Å². The number of hydrogen-bond acceptors (Lipinski definition) is 4. The first kappa shape index (κ1) is 20.7. The highest BCUT2D eigenvalue weighted by molar-refractivity contribution is 5.80. The molecule has 1 aliphatic heterocycles. The van der Waals surface area contributed by atoms with Crippen molar-refractivity contribution in [2.45, 2.75) is 32.2 Å². The molecule has 29 heavy (non-hydrogen) atoms. The fourth-order valence-electron chi connectivity index (χ4n) is 3.35. The number of carbonyl (C=O) groups excluding carboxylic acids is 1. The van der Waals surface area contributed by atoms with Crippen molar-refractivity contribution in [2.24, 2.45) is 4.99 Å². The Labute approximate surface area is 171 Å². The molecule has 0 saturated carbocycles. The van der Waals surface area contributed by atoms with Gasteiger partial charge in [0.15, 0.2) is 5.96 Å². The molecule has 8 nitrogen and oxygen atoms in total. The number of aliphatic imine (C=N–C) groups is 1. The molecule has 1 aromatic heterocycles. The van der Waals surface area contributed by atoms with Gasteiger partial charge in [-0.25, -0.2) is 9.48 Å². The molecule has 0 spiro atoms. The number of nitrogens with one attached hydrogen (secondary N) is 2. The number of hydrogen-bond donors (Lipinski definition) is 2. The van der Waals surface area contributed by atoms with Gasteiger partial charge >= 0.3 is 6.09 Å². The van der Waals surface area contributed by atoms with Crippen LogP contribution in [0.5, 0.6) is 0 Å². The lowest BCUT2D eigenvalue weighted by molar-refractivity contribution is 0.0963. The van der Waals surface area contributed by atoms with E-state index in [2.05, 4.69) is 26.9 Å². The van der Waals surface area contributed by atoms with E-state index < -0.39 is 0 Å². The average Bonchev–Trinajstić information content (AvgIpc) is 3.23. The maximum Gasteiger partial charge on any atom is 0.409 e. The number of piperidine rings is 1. The first-order valence-electron chi connectivity index (χ1n) is 10.2. The standard InChI is InChI=1S/C21H30N6O2/c1-3-29-21(28)26-13-10-18(11-14-26)25-20(22-2)23-12-9-17-15-24-27(16-17)19-7-5-4-6-8-19/h4-8,15-16,18H,3,9-14H2,1-2H3,(H2,22,23,25). The number of benzene rings is 1. The molecule has 1 amide bonds. The largest absolute Gasteiger partial charge is 0.450 e. The molecule has 1 aliphatic rings. The first-order chi connectivity index (χ1) is 14.2. The Morgan fingerprint density at radius 2 is 2.03 bits per heavy atom. The van der Waals surface area contributed by atoms with Crippen LogP contribution in [-0.2, 0) is 11.2 Å². The van der Waals surface area contributed by atoms with Crippen molar-refractivity contribution in [1.82, 2.24) is 25.3 Å². The van der Waals surface area contributed by atoms with E-state index in [-0.39, 0.29) is 6.09 Å². The Kier molecular flexibility index (Phi) is 7.49. The molecule has 0 atom stereocenters. The van der Waals surface area contributed by atoms with Crippen molar-refractivity contribution in [2.75, 3.05) is 33.3 Å². The molecule has 2 N–H and O–H groups in total. The predicted molar refractivity (Wildman–Crippen MR) is 113 cm³/mol. The monoisotopic (exact) mass is 398 g/mol. The zero-order valence-electron chi connectivity index (χ0n) is 17.2. The summed E-state index contributed by atoms with van der Waals surface area (Å²) in [4.78, 5) is 17.9. The zero-order valence-corrected chi connectivity index (χ0v) is 17.2. The van der Waals surface area contributed by atoms with Crippen LogP contribution in [0.1, 0.15) is 25.3 Å². The minimum atomic E-state index is -0.218. The third-order valence-corrected chi connectivity index (χ3v) is 4.95. The summed E-state index contributed by atoms with van der Waals surface area (Å²) in [7, 11) is 1.77. The summed E-state index contributed by atoms with van der Waals surface area (Å²) >= 11 is 0. The molecule has 2 aromatic rings. The van der Waals surface area contributed by atoms with Gasteiger partial charge in [-0.1, -0.05) is 18.2 Å². The van der Waals surface area contributed by atoms with E-state index in [1.807, 2.05) is 48.1 Å². The molecule has 0 aliphatic carbocycles. The maximum atomic E-state index is 11.8. The predicted octanol–water partition coefficient (Wildman–Crippen LogP) is 2.20. The van der Waals surface area contributed by atoms with E-state index in [4.69, 9.17) is 4.74 Å². The normalized spacial score (nSPS) is 15.2. The van der Waals surface area contributed by atoms with E-state index in [0.717, 1.165) is 37.5 Å². The quantitative estimate of drug-likeness (QED) is 0.576. The minimum absolute atomic E-state index is 0.218. The Bertz CT molecular complexity index is 797. The second kappa shape index (κ2) is 10.5. The van der Waals surface area contributed by atoms with Crippen molar-refractivity contribution in [3.05, 3.63) is 48.3 Å². The third-order valence-electron chi connectivity index (χ3n) is 4.95. The summed E-state index contributed by atoms with van der Waals surface area (Å²) in [5, 5.41) is 11.3. The highest BCUT2D eigenvalue weighted by Crippen LogP contribution is 2.11. The second-order valence-corrected chi connectivity index (χ2v) is 6.98. The lowest BCUT2D eigenvalue weighted by Gasteiger charge is -2.32. The SMILES string of the molecule is CCOC(=O)N1CCC(NC(=NC)NCCc2cnn(-c3ccccc3)c2)CC1. The van der Waals surface area contributed by atoms with Crippen LogP contribution in [0.15, 0.2) is 47.7 Å². The van der Waals surface area contributed by atoms with Gasteiger partial charge in [0, 0.05) is 38.9 Å². The number of aromatic nitrogens is 2. The smallest absolute Gasteiger partial charge is 0.409 e. The van der Waals surface area contributed by atoms with Crippen LogP contribution >= 0.6 is 0 Å². The van der Waals surface area contributed by atoms with E-state index in [9.17, 15) is 4.79 Å². The second-order valence-electron chi connectivity index (χ2n) is 6.98. The molecule has 1 aromatic carbocycles. The third kappa shape index (κ3) is 5.97. The molecule has 1 fully saturated rings. The Hall–Kier alpha value is -3.03. The van der Waals surface area contributed by atoms with Gasteiger partial charge in [0.2, 0.25) is 0 Å². The summed E-state index contributed by atoms with van der Waals surface area (Å²) in [6, 6.07) is 10.4. The molecule has 3 rings (SSSR count). The molecular formula is C21H30N6O2. The first-order valence-corrected chi connectivity index (χ1v) is 10.2.